The maximum Gasteiger partial charge on any atom is 0.241 e. The van der Waals surface area contributed by atoms with E-state index in [0.717, 1.165) is 24.1 Å². The van der Waals surface area contributed by atoms with Crippen LogP contribution < -0.4 is 10.6 Å². The minimum Gasteiger partial charge on any atom is -0.324 e. The van der Waals surface area contributed by atoms with Gasteiger partial charge in [-0.15, -0.1) is 0 Å². The number of hydrogen-bond donors (Lipinski definition) is 2. The van der Waals surface area contributed by atoms with E-state index in [0.29, 0.717) is 0 Å². The Morgan fingerprint density at radius 3 is 2.81 bits per heavy atom. The summed E-state index contributed by atoms with van der Waals surface area (Å²) in [6, 6.07) is 11.9. The van der Waals surface area contributed by atoms with E-state index in [4.69, 9.17) is 0 Å². The summed E-state index contributed by atoms with van der Waals surface area (Å²) in [4.78, 5) is 16.4. The largest absolute Gasteiger partial charge is 0.324 e. The molecule has 2 aromatic rings. The van der Waals surface area contributed by atoms with E-state index in [1.165, 1.54) is 5.56 Å². The van der Waals surface area contributed by atoms with Gasteiger partial charge in [0, 0.05) is 24.1 Å². The predicted molar refractivity (Wildman–Crippen MR) is 83.0 cm³/mol. The number of rotatable bonds is 3. The fourth-order valence-corrected chi connectivity index (χ4v) is 2.72. The quantitative estimate of drug-likeness (QED) is 0.909. The highest BCUT2D eigenvalue weighted by Crippen LogP contribution is 2.22. The van der Waals surface area contributed by atoms with Crippen LogP contribution in [0, 0.1) is 0 Å². The molecule has 1 aromatic heterocycles. The molecule has 1 aliphatic heterocycles. The summed E-state index contributed by atoms with van der Waals surface area (Å²) in [5.41, 5.74) is 3.27. The van der Waals surface area contributed by atoms with Crippen molar-refractivity contribution < 1.29 is 4.79 Å². The molecule has 0 bridgehead atoms. The lowest BCUT2D eigenvalue weighted by atomic mass is 10.0. The van der Waals surface area contributed by atoms with Crippen LogP contribution in [-0.4, -0.2) is 16.9 Å². The van der Waals surface area contributed by atoms with Crippen LogP contribution in [-0.2, 0) is 11.2 Å². The zero-order chi connectivity index (χ0) is 14.7. The molecule has 2 N–H and O–H groups in total. The highest BCUT2D eigenvalue weighted by Gasteiger charge is 2.24. The second-order valence-electron chi connectivity index (χ2n) is 5.41. The second kappa shape index (κ2) is 6.06. The molecule has 1 amide bonds. The molecule has 1 aromatic carbocycles. The lowest BCUT2D eigenvalue weighted by molar-refractivity contribution is -0.118. The molecule has 4 heteroatoms. The third-order valence-corrected chi connectivity index (χ3v) is 3.95. The molecule has 4 nitrogen and oxygen atoms in total. The summed E-state index contributed by atoms with van der Waals surface area (Å²) in [5, 5.41) is 6.44. The fourth-order valence-electron chi connectivity index (χ4n) is 2.72. The van der Waals surface area contributed by atoms with Crippen LogP contribution in [0.5, 0.6) is 0 Å². The molecule has 0 fully saturated rings. The molecule has 1 aliphatic rings. The van der Waals surface area contributed by atoms with Crippen molar-refractivity contribution >= 4 is 11.6 Å². The van der Waals surface area contributed by atoms with E-state index in [2.05, 4.69) is 28.6 Å². The van der Waals surface area contributed by atoms with Gasteiger partial charge in [0.05, 0.1) is 6.04 Å². The van der Waals surface area contributed by atoms with Crippen LogP contribution in [0.3, 0.4) is 0 Å². The van der Waals surface area contributed by atoms with Gasteiger partial charge in [0.2, 0.25) is 5.91 Å². The predicted octanol–water partition coefficient (Wildman–Crippen LogP) is 2.69. The fraction of sp³-hybridized carbons (Fsp3) is 0.294. The molecule has 108 valence electrons. The van der Waals surface area contributed by atoms with Gasteiger partial charge in [0.25, 0.3) is 0 Å². The van der Waals surface area contributed by atoms with Gasteiger partial charge in [-0.05, 0) is 49.1 Å². The van der Waals surface area contributed by atoms with Crippen molar-refractivity contribution in [3.8, 4) is 0 Å². The van der Waals surface area contributed by atoms with Crippen molar-refractivity contribution in [2.45, 2.75) is 31.8 Å². The van der Waals surface area contributed by atoms with Gasteiger partial charge >= 0.3 is 0 Å². The van der Waals surface area contributed by atoms with Crippen LogP contribution in [0.2, 0.25) is 0 Å². The molecule has 0 aliphatic carbocycles. The zero-order valence-corrected chi connectivity index (χ0v) is 12.0. The Morgan fingerprint density at radius 1 is 1.24 bits per heavy atom. The Morgan fingerprint density at radius 2 is 2.00 bits per heavy atom. The molecule has 3 rings (SSSR count). The third-order valence-electron chi connectivity index (χ3n) is 3.95. The number of amides is 1. The third kappa shape index (κ3) is 3.11. The zero-order valence-electron chi connectivity index (χ0n) is 12.0. The Hall–Kier alpha value is -2.20. The van der Waals surface area contributed by atoms with Gasteiger partial charge in [0.15, 0.2) is 0 Å². The van der Waals surface area contributed by atoms with Crippen LogP contribution >= 0.6 is 0 Å². The highest BCUT2D eigenvalue weighted by molar-refractivity contribution is 5.96. The molecular formula is C17H19N3O. The molecule has 0 radical (unpaired) electrons. The van der Waals surface area contributed by atoms with Gasteiger partial charge in [-0.2, -0.15) is 0 Å². The van der Waals surface area contributed by atoms with Crippen molar-refractivity contribution in [1.29, 1.82) is 0 Å². The Labute approximate surface area is 124 Å². The lowest BCUT2D eigenvalue weighted by Gasteiger charge is -2.21. The lowest BCUT2D eigenvalue weighted by Crippen LogP contribution is -2.41. The van der Waals surface area contributed by atoms with Crippen molar-refractivity contribution in [3.05, 3.63) is 59.9 Å². The maximum atomic E-state index is 12.4. The van der Waals surface area contributed by atoms with Gasteiger partial charge in [0.1, 0.15) is 0 Å². The van der Waals surface area contributed by atoms with Gasteiger partial charge in [-0.25, -0.2) is 0 Å². The van der Waals surface area contributed by atoms with Crippen molar-refractivity contribution in [2.75, 3.05) is 5.32 Å². The number of aromatic nitrogens is 1. The van der Waals surface area contributed by atoms with E-state index < -0.39 is 0 Å². The van der Waals surface area contributed by atoms with E-state index in [9.17, 15) is 4.79 Å². The van der Waals surface area contributed by atoms with E-state index in [1.807, 2.05) is 30.3 Å². The summed E-state index contributed by atoms with van der Waals surface area (Å²) in [5.74, 6) is 0.0425. The topological polar surface area (TPSA) is 54.0 Å². The first-order chi connectivity index (χ1) is 10.2. The van der Waals surface area contributed by atoms with Crippen molar-refractivity contribution in [1.82, 2.24) is 10.3 Å². The van der Waals surface area contributed by atoms with Crippen LogP contribution in [0.4, 0.5) is 5.69 Å². The van der Waals surface area contributed by atoms with Crippen LogP contribution in [0.15, 0.2) is 48.8 Å². The number of hydrogen-bond acceptors (Lipinski definition) is 3. The van der Waals surface area contributed by atoms with Crippen LogP contribution in [0.1, 0.15) is 30.5 Å². The average molecular weight is 281 g/mol. The number of pyridine rings is 1. The maximum absolute atomic E-state index is 12.4. The summed E-state index contributed by atoms with van der Waals surface area (Å²) in [6.45, 7) is 2.07. The SMILES string of the molecule is C[C@H](NC1CCc2ccccc2NC1=O)c1ccncc1. The first kappa shape index (κ1) is 13.8. The molecule has 0 saturated heterocycles. The number of carbonyl (C=O) groups is 1. The molecule has 2 heterocycles. The van der Waals surface area contributed by atoms with Gasteiger partial charge in [-0.1, -0.05) is 18.2 Å². The minimum atomic E-state index is -0.180. The first-order valence-electron chi connectivity index (χ1n) is 7.29. The van der Waals surface area contributed by atoms with E-state index in [-0.39, 0.29) is 18.0 Å². The molecule has 0 saturated carbocycles. The number of nitrogens with one attached hydrogen (secondary N) is 2. The summed E-state index contributed by atoms with van der Waals surface area (Å²) in [6.07, 6.45) is 5.25. The Balaban J connectivity index is 1.71. The Bertz CT molecular complexity index is 627. The molecule has 2 atom stereocenters. The number of aryl methyl sites for hydroxylation is 1. The van der Waals surface area contributed by atoms with Crippen molar-refractivity contribution in [3.63, 3.8) is 0 Å². The number of fused-ring (bicyclic) bond motifs is 1. The molecular weight excluding hydrogens is 262 g/mol. The Kier molecular flexibility index (Phi) is 3.97. The van der Waals surface area contributed by atoms with E-state index in [1.54, 1.807) is 12.4 Å². The number of nitrogens with zero attached hydrogens (tertiary/aromatic N) is 1. The normalized spacial score (nSPS) is 19.3. The highest BCUT2D eigenvalue weighted by atomic mass is 16.2. The minimum absolute atomic E-state index is 0.0425. The number of para-hydroxylation sites is 1. The van der Waals surface area contributed by atoms with Crippen molar-refractivity contribution in [2.24, 2.45) is 0 Å². The molecule has 0 spiro atoms. The first-order valence-corrected chi connectivity index (χ1v) is 7.29. The number of anilines is 1. The number of carbonyl (C=O) groups excluding carboxylic acids is 1. The second-order valence-corrected chi connectivity index (χ2v) is 5.41. The summed E-state index contributed by atoms with van der Waals surface area (Å²) < 4.78 is 0. The molecule has 1 unspecified atom stereocenters. The van der Waals surface area contributed by atoms with Crippen LogP contribution in [0.25, 0.3) is 0 Å². The van der Waals surface area contributed by atoms with Gasteiger partial charge in [-0.3, -0.25) is 15.1 Å². The van der Waals surface area contributed by atoms with E-state index >= 15 is 0 Å². The smallest absolute Gasteiger partial charge is 0.241 e. The van der Waals surface area contributed by atoms with Gasteiger partial charge < -0.3 is 5.32 Å². The monoisotopic (exact) mass is 281 g/mol. The molecule has 21 heavy (non-hydrogen) atoms. The standard InChI is InChI=1S/C17H19N3O/c1-12(13-8-10-18-11-9-13)19-16-7-6-14-4-2-3-5-15(14)20-17(16)21/h2-5,8-12,16,19H,6-7H2,1H3,(H,20,21)/t12-,16?/m0/s1. The summed E-state index contributed by atoms with van der Waals surface area (Å²) in [7, 11) is 0. The number of benzene rings is 1. The summed E-state index contributed by atoms with van der Waals surface area (Å²) >= 11 is 0. The average Bonchev–Trinajstić information content (AvgIpc) is 2.67.